The second-order valence-electron chi connectivity index (χ2n) is 4.89. The molecule has 0 radical (unpaired) electrons. The number of rotatable bonds is 3. The maximum absolute atomic E-state index is 12.5. The van der Waals surface area contributed by atoms with Gasteiger partial charge in [-0.15, -0.1) is 0 Å². The van der Waals surface area contributed by atoms with Crippen molar-refractivity contribution in [2.75, 3.05) is 6.61 Å². The predicted molar refractivity (Wildman–Crippen MR) is 79.9 cm³/mol. The number of phenolic OH excluding ortho intramolecular Hbond substituents is 1. The first-order chi connectivity index (χ1) is 9.98. The Labute approximate surface area is 123 Å². The molecule has 21 heavy (non-hydrogen) atoms. The highest BCUT2D eigenvalue weighted by atomic mass is 32.2. The van der Waals surface area contributed by atoms with Crippen molar-refractivity contribution in [1.29, 1.82) is 0 Å². The third kappa shape index (κ3) is 2.40. The van der Waals surface area contributed by atoms with Gasteiger partial charge in [0, 0.05) is 6.07 Å². The summed E-state index contributed by atoms with van der Waals surface area (Å²) in [6.07, 6.45) is 1.64. The Morgan fingerprint density at radius 2 is 1.90 bits per heavy atom. The molecule has 0 atom stereocenters. The van der Waals surface area contributed by atoms with Crippen molar-refractivity contribution >= 4 is 15.9 Å². The summed E-state index contributed by atoms with van der Waals surface area (Å²) in [5.41, 5.74) is 1.43. The second kappa shape index (κ2) is 4.93. The van der Waals surface area contributed by atoms with Gasteiger partial charge in [0.05, 0.1) is 9.80 Å². The summed E-state index contributed by atoms with van der Waals surface area (Å²) in [5.74, 6) is 0.508. The van der Waals surface area contributed by atoms with Gasteiger partial charge in [-0.25, -0.2) is 8.42 Å². The number of ether oxygens (including phenoxy) is 1. The molecule has 0 unspecified atom stereocenters. The quantitative estimate of drug-likeness (QED) is 0.947. The van der Waals surface area contributed by atoms with Gasteiger partial charge in [-0.1, -0.05) is 24.3 Å². The van der Waals surface area contributed by atoms with Crippen LogP contribution in [0, 0.1) is 6.92 Å². The van der Waals surface area contributed by atoms with Crippen LogP contribution in [0.2, 0.25) is 0 Å². The number of fused-ring (bicyclic) bond motifs is 1. The van der Waals surface area contributed by atoms with E-state index in [-0.39, 0.29) is 17.3 Å². The molecule has 0 bridgehead atoms. The third-order valence-corrected chi connectivity index (χ3v) is 5.39. The maximum atomic E-state index is 12.5. The molecule has 2 aromatic carbocycles. The van der Waals surface area contributed by atoms with Gasteiger partial charge in [-0.3, -0.25) is 0 Å². The molecule has 0 saturated heterocycles. The normalized spacial score (nSPS) is 15.4. The molecule has 5 heteroatoms. The van der Waals surface area contributed by atoms with Crippen LogP contribution in [0.5, 0.6) is 11.5 Å². The zero-order chi connectivity index (χ0) is 15.0. The first-order valence-corrected chi connectivity index (χ1v) is 7.94. The highest BCUT2D eigenvalue weighted by Crippen LogP contribution is 2.35. The number of aryl methyl sites for hydroxylation is 1. The van der Waals surface area contributed by atoms with Crippen molar-refractivity contribution in [2.45, 2.75) is 11.8 Å². The van der Waals surface area contributed by atoms with Crippen molar-refractivity contribution < 1.29 is 18.3 Å². The van der Waals surface area contributed by atoms with Crippen LogP contribution >= 0.6 is 0 Å². The van der Waals surface area contributed by atoms with Crippen molar-refractivity contribution in [3.8, 4) is 11.5 Å². The summed E-state index contributed by atoms with van der Waals surface area (Å²) in [6, 6.07) is 11.7. The first-order valence-electron chi connectivity index (χ1n) is 6.45. The molecule has 0 saturated carbocycles. The van der Waals surface area contributed by atoms with Crippen molar-refractivity contribution in [1.82, 2.24) is 0 Å². The van der Waals surface area contributed by atoms with Gasteiger partial charge in [-0.05, 0) is 36.3 Å². The number of sulfone groups is 1. The van der Waals surface area contributed by atoms with E-state index in [2.05, 4.69) is 0 Å². The van der Waals surface area contributed by atoms with Crippen LogP contribution in [0.25, 0.3) is 6.08 Å². The van der Waals surface area contributed by atoms with E-state index >= 15 is 0 Å². The molecule has 1 N–H and O–H groups in total. The monoisotopic (exact) mass is 302 g/mol. The van der Waals surface area contributed by atoms with E-state index in [0.717, 1.165) is 5.56 Å². The zero-order valence-corrected chi connectivity index (χ0v) is 12.2. The highest BCUT2D eigenvalue weighted by molar-refractivity contribution is 7.96. The summed E-state index contributed by atoms with van der Waals surface area (Å²) in [6.45, 7) is 1.73. The second-order valence-corrected chi connectivity index (χ2v) is 6.83. The smallest absolute Gasteiger partial charge is 0.207 e. The first kappa shape index (κ1) is 13.7. The molecule has 0 aliphatic carbocycles. The molecular formula is C16H14O4S. The molecule has 0 amide bonds. The van der Waals surface area contributed by atoms with Gasteiger partial charge in [0.2, 0.25) is 9.84 Å². The average molecular weight is 302 g/mol. The van der Waals surface area contributed by atoms with Crippen LogP contribution in [-0.2, 0) is 9.84 Å². The summed E-state index contributed by atoms with van der Waals surface area (Å²) in [5, 5.41) is 9.37. The van der Waals surface area contributed by atoms with Gasteiger partial charge >= 0.3 is 0 Å². The molecule has 108 valence electrons. The predicted octanol–water partition coefficient (Wildman–Crippen LogP) is 2.91. The van der Waals surface area contributed by atoms with Crippen LogP contribution in [0.3, 0.4) is 0 Å². The summed E-state index contributed by atoms with van der Waals surface area (Å²) < 4.78 is 30.5. The van der Waals surface area contributed by atoms with E-state index in [4.69, 9.17) is 4.74 Å². The summed E-state index contributed by atoms with van der Waals surface area (Å²) in [7, 11) is -3.48. The molecular weight excluding hydrogens is 288 g/mol. The van der Waals surface area contributed by atoms with Crippen LogP contribution in [0.1, 0.15) is 11.1 Å². The van der Waals surface area contributed by atoms with E-state index in [0.29, 0.717) is 16.2 Å². The van der Waals surface area contributed by atoms with Crippen LogP contribution in [0.4, 0.5) is 0 Å². The number of hydrogen-bond donors (Lipinski definition) is 1. The van der Waals surface area contributed by atoms with Gasteiger partial charge < -0.3 is 9.84 Å². The third-order valence-electron chi connectivity index (χ3n) is 3.37. The van der Waals surface area contributed by atoms with E-state index < -0.39 is 9.84 Å². The molecule has 1 heterocycles. The SMILES string of the molecule is Cc1cccc2c1S(=O)(=O)C(COc1cccc(O)c1)=C2. The number of phenols is 1. The van der Waals surface area contributed by atoms with Gasteiger partial charge in [-0.2, -0.15) is 0 Å². The van der Waals surface area contributed by atoms with E-state index in [1.54, 1.807) is 37.3 Å². The maximum Gasteiger partial charge on any atom is 0.207 e. The largest absolute Gasteiger partial charge is 0.508 e. The molecule has 1 aliphatic heterocycles. The molecule has 0 fully saturated rings. The molecule has 0 aromatic heterocycles. The highest BCUT2D eigenvalue weighted by Gasteiger charge is 2.31. The van der Waals surface area contributed by atoms with Crippen molar-refractivity contribution in [3.05, 3.63) is 58.5 Å². The fourth-order valence-electron chi connectivity index (χ4n) is 2.39. The lowest BCUT2D eigenvalue weighted by Gasteiger charge is -2.08. The Morgan fingerprint density at radius 1 is 1.14 bits per heavy atom. The fraction of sp³-hybridized carbons (Fsp3) is 0.125. The number of benzene rings is 2. The minimum absolute atomic E-state index is 0.0556. The Hall–Kier alpha value is -2.27. The Bertz CT molecular complexity index is 835. The van der Waals surface area contributed by atoms with Crippen LogP contribution in [0.15, 0.2) is 52.3 Å². The van der Waals surface area contributed by atoms with Gasteiger partial charge in [0.15, 0.2) is 0 Å². The molecule has 2 aromatic rings. The lowest BCUT2D eigenvalue weighted by atomic mass is 10.1. The number of hydrogen-bond acceptors (Lipinski definition) is 4. The van der Waals surface area contributed by atoms with Crippen molar-refractivity contribution in [3.63, 3.8) is 0 Å². The minimum atomic E-state index is -3.48. The zero-order valence-electron chi connectivity index (χ0n) is 11.4. The minimum Gasteiger partial charge on any atom is -0.508 e. The van der Waals surface area contributed by atoms with E-state index in [9.17, 15) is 13.5 Å². The fourth-order valence-corrected chi connectivity index (χ4v) is 4.07. The number of aromatic hydroxyl groups is 1. The molecule has 0 spiro atoms. The Balaban J connectivity index is 1.87. The lowest BCUT2D eigenvalue weighted by molar-refractivity contribution is 0.356. The van der Waals surface area contributed by atoms with Gasteiger partial charge in [0.1, 0.15) is 18.1 Å². The van der Waals surface area contributed by atoms with Crippen LogP contribution in [-0.4, -0.2) is 20.1 Å². The van der Waals surface area contributed by atoms with E-state index in [1.807, 2.05) is 6.07 Å². The Morgan fingerprint density at radius 3 is 2.62 bits per heavy atom. The van der Waals surface area contributed by atoms with Crippen molar-refractivity contribution in [2.24, 2.45) is 0 Å². The standard InChI is InChI=1S/C16H14O4S/c1-11-4-2-5-12-8-15(21(18,19)16(11)12)10-20-14-7-3-6-13(17)9-14/h2-9,17H,10H2,1H3. The van der Waals surface area contributed by atoms with E-state index in [1.165, 1.54) is 12.1 Å². The summed E-state index contributed by atoms with van der Waals surface area (Å²) >= 11 is 0. The lowest BCUT2D eigenvalue weighted by Crippen LogP contribution is -2.09. The van der Waals surface area contributed by atoms with Crippen LogP contribution < -0.4 is 4.74 Å². The topological polar surface area (TPSA) is 63.6 Å². The molecule has 4 nitrogen and oxygen atoms in total. The molecule has 3 rings (SSSR count). The Kier molecular flexibility index (Phi) is 3.22. The average Bonchev–Trinajstić information content (AvgIpc) is 2.69. The molecule has 1 aliphatic rings. The van der Waals surface area contributed by atoms with Gasteiger partial charge in [0.25, 0.3) is 0 Å². The summed E-state index contributed by atoms with van der Waals surface area (Å²) in [4.78, 5) is 0.592.